The van der Waals surface area contributed by atoms with Crippen LogP contribution >= 0.6 is 11.6 Å². The fourth-order valence-electron chi connectivity index (χ4n) is 2.43. The molecule has 0 aliphatic carbocycles. The van der Waals surface area contributed by atoms with Gasteiger partial charge >= 0.3 is 0 Å². The van der Waals surface area contributed by atoms with E-state index in [0.29, 0.717) is 17.2 Å². The minimum Gasteiger partial charge on any atom is -0.493 e. The first-order chi connectivity index (χ1) is 13.2. The summed E-state index contributed by atoms with van der Waals surface area (Å²) in [5.74, 6) is -0.548. The fourth-order valence-corrected chi connectivity index (χ4v) is 2.69. The van der Waals surface area contributed by atoms with Gasteiger partial charge in [-0.25, -0.2) is 4.39 Å². The Bertz CT molecular complexity index is 856. The molecule has 6 nitrogen and oxygen atoms in total. The second-order valence-corrected chi connectivity index (χ2v) is 6.78. The van der Waals surface area contributed by atoms with E-state index in [4.69, 9.17) is 21.1 Å². The average molecular weight is 409 g/mol. The number of hydrogen-bond acceptors (Lipinski definition) is 4. The van der Waals surface area contributed by atoms with Crippen molar-refractivity contribution in [3.8, 4) is 11.5 Å². The zero-order valence-electron chi connectivity index (χ0n) is 16.1. The van der Waals surface area contributed by atoms with Gasteiger partial charge in [0.25, 0.3) is 5.91 Å². The standard InChI is InChI=1S/C20H22ClFN2O4/c1-12(2)28-19-16(21)9-13(10-17(19)27-4)20(26)24(3)11-18(25)23-15-7-5-14(22)6-8-15/h5-10,12H,11H2,1-4H3,(H,23,25). The van der Waals surface area contributed by atoms with Crippen molar-refractivity contribution in [2.75, 3.05) is 26.0 Å². The maximum atomic E-state index is 12.9. The summed E-state index contributed by atoms with van der Waals surface area (Å²) >= 11 is 6.25. The van der Waals surface area contributed by atoms with Gasteiger partial charge in [0.2, 0.25) is 5.91 Å². The topological polar surface area (TPSA) is 67.9 Å². The first kappa shape index (κ1) is 21.5. The van der Waals surface area contributed by atoms with Crippen LogP contribution in [0.25, 0.3) is 0 Å². The van der Waals surface area contributed by atoms with Gasteiger partial charge in [0.1, 0.15) is 5.82 Å². The second-order valence-electron chi connectivity index (χ2n) is 6.37. The number of methoxy groups -OCH3 is 1. The van der Waals surface area contributed by atoms with Crippen molar-refractivity contribution in [2.45, 2.75) is 20.0 Å². The highest BCUT2D eigenvalue weighted by Gasteiger charge is 2.20. The molecule has 0 aromatic heterocycles. The molecule has 0 saturated heterocycles. The molecule has 2 aromatic carbocycles. The summed E-state index contributed by atoms with van der Waals surface area (Å²) in [6, 6.07) is 8.33. The highest BCUT2D eigenvalue weighted by molar-refractivity contribution is 6.32. The monoisotopic (exact) mass is 408 g/mol. The number of benzene rings is 2. The maximum absolute atomic E-state index is 12.9. The minimum atomic E-state index is -0.416. The summed E-state index contributed by atoms with van der Waals surface area (Å²) in [6.07, 6.45) is -0.120. The van der Waals surface area contributed by atoms with Crippen LogP contribution in [-0.2, 0) is 4.79 Å². The van der Waals surface area contributed by atoms with Gasteiger partial charge in [0, 0.05) is 18.3 Å². The highest BCUT2D eigenvalue weighted by Crippen LogP contribution is 2.37. The van der Waals surface area contributed by atoms with E-state index in [0.717, 1.165) is 0 Å². The summed E-state index contributed by atoms with van der Waals surface area (Å²) in [7, 11) is 2.94. The Kier molecular flexibility index (Phi) is 7.23. The normalized spacial score (nSPS) is 10.5. The number of rotatable bonds is 7. The van der Waals surface area contributed by atoms with E-state index in [9.17, 15) is 14.0 Å². The molecule has 2 aromatic rings. The number of amides is 2. The Hall–Kier alpha value is -2.80. The third-order valence-corrected chi connectivity index (χ3v) is 3.97. The molecule has 8 heteroatoms. The number of nitrogens with zero attached hydrogens (tertiary/aromatic N) is 1. The van der Waals surface area contributed by atoms with Gasteiger partial charge in [0.05, 0.1) is 24.8 Å². The number of likely N-dealkylation sites (N-methyl/N-ethyl adjacent to an activating group) is 1. The average Bonchev–Trinajstić information content (AvgIpc) is 2.64. The highest BCUT2D eigenvalue weighted by atomic mass is 35.5. The Morgan fingerprint density at radius 1 is 1.21 bits per heavy atom. The first-order valence-corrected chi connectivity index (χ1v) is 8.94. The molecule has 0 saturated carbocycles. The number of ether oxygens (including phenoxy) is 2. The molecule has 2 rings (SSSR count). The number of carbonyl (C=O) groups excluding carboxylic acids is 2. The number of hydrogen-bond donors (Lipinski definition) is 1. The molecule has 0 radical (unpaired) electrons. The Balaban J connectivity index is 2.10. The van der Waals surface area contributed by atoms with Crippen molar-refractivity contribution in [2.24, 2.45) is 0 Å². The molecule has 2 amide bonds. The van der Waals surface area contributed by atoms with Crippen LogP contribution in [0.2, 0.25) is 5.02 Å². The summed E-state index contributed by atoms with van der Waals surface area (Å²) < 4.78 is 23.8. The summed E-state index contributed by atoms with van der Waals surface area (Å²) in [6.45, 7) is 3.51. The van der Waals surface area contributed by atoms with Gasteiger partial charge < -0.3 is 19.7 Å². The van der Waals surface area contributed by atoms with Crippen LogP contribution in [0.3, 0.4) is 0 Å². The predicted octanol–water partition coefficient (Wildman–Crippen LogP) is 3.99. The fraction of sp³-hybridized carbons (Fsp3) is 0.300. The molecule has 0 unspecified atom stereocenters. The molecule has 1 N–H and O–H groups in total. The third kappa shape index (κ3) is 5.60. The lowest BCUT2D eigenvalue weighted by Crippen LogP contribution is -2.35. The lowest BCUT2D eigenvalue weighted by Gasteiger charge is -2.19. The van der Waals surface area contributed by atoms with Crippen LogP contribution in [0.4, 0.5) is 10.1 Å². The number of anilines is 1. The van der Waals surface area contributed by atoms with Crippen LogP contribution in [0.5, 0.6) is 11.5 Å². The largest absolute Gasteiger partial charge is 0.493 e. The SMILES string of the molecule is COc1cc(C(=O)N(C)CC(=O)Nc2ccc(F)cc2)cc(Cl)c1OC(C)C. The maximum Gasteiger partial charge on any atom is 0.254 e. The summed E-state index contributed by atoms with van der Waals surface area (Å²) in [5.41, 5.74) is 0.696. The molecule has 0 aliphatic heterocycles. The van der Waals surface area contributed by atoms with Crippen molar-refractivity contribution in [1.29, 1.82) is 0 Å². The second kappa shape index (κ2) is 9.41. The minimum absolute atomic E-state index is 0.120. The Labute approximate surface area is 168 Å². The van der Waals surface area contributed by atoms with Crippen molar-refractivity contribution in [1.82, 2.24) is 4.90 Å². The molecule has 0 bridgehead atoms. The van der Waals surface area contributed by atoms with E-state index in [1.165, 1.54) is 55.5 Å². The van der Waals surface area contributed by atoms with Crippen LogP contribution < -0.4 is 14.8 Å². The zero-order chi connectivity index (χ0) is 20.8. The lowest BCUT2D eigenvalue weighted by atomic mass is 10.1. The summed E-state index contributed by atoms with van der Waals surface area (Å²) in [4.78, 5) is 26.1. The Morgan fingerprint density at radius 2 is 1.86 bits per heavy atom. The van der Waals surface area contributed by atoms with Crippen LogP contribution in [0, 0.1) is 5.82 Å². The molecule has 0 spiro atoms. The quantitative estimate of drug-likeness (QED) is 0.752. The van der Waals surface area contributed by atoms with Crippen molar-refractivity contribution >= 4 is 29.1 Å². The molecule has 150 valence electrons. The number of halogens is 2. The smallest absolute Gasteiger partial charge is 0.254 e. The van der Waals surface area contributed by atoms with E-state index in [-0.39, 0.29) is 23.2 Å². The molecule has 0 heterocycles. The Morgan fingerprint density at radius 3 is 2.43 bits per heavy atom. The van der Waals surface area contributed by atoms with Crippen molar-refractivity contribution in [3.63, 3.8) is 0 Å². The van der Waals surface area contributed by atoms with Gasteiger partial charge in [-0.05, 0) is 50.2 Å². The van der Waals surface area contributed by atoms with Gasteiger partial charge in [-0.1, -0.05) is 11.6 Å². The van der Waals surface area contributed by atoms with Crippen LogP contribution in [0.15, 0.2) is 36.4 Å². The van der Waals surface area contributed by atoms with Crippen LogP contribution in [0.1, 0.15) is 24.2 Å². The molecule has 0 atom stereocenters. The molecule has 28 heavy (non-hydrogen) atoms. The lowest BCUT2D eigenvalue weighted by molar-refractivity contribution is -0.116. The molecular formula is C20H22ClFN2O4. The van der Waals surface area contributed by atoms with Crippen LogP contribution in [-0.4, -0.2) is 43.5 Å². The van der Waals surface area contributed by atoms with Gasteiger partial charge in [-0.3, -0.25) is 9.59 Å². The van der Waals surface area contributed by atoms with Crippen molar-refractivity contribution < 1.29 is 23.5 Å². The molecular weight excluding hydrogens is 387 g/mol. The van der Waals surface area contributed by atoms with Gasteiger partial charge in [-0.2, -0.15) is 0 Å². The van der Waals surface area contributed by atoms with E-state index >= 15 is 0 Å². The van der Waals surface area contributed by atoms with E-state index in [1.807, 2.05) is 13.8 Å². The van der Waals surface area contributed by atoms with E-state index in [2.05, 4.69) is 5.32 Å². The van der Waals surface area contributed by atoms with E-state index < -0.39 is 17.6 Å². The first-order valence-electron chi connectivity index (χ1n) is 8.56. The van der Waals surface area contributed by atoms with Gasteiger partial charge in [0.15, 0.2) is 11.5 Å². The van der Waals surface area contributed by atoms with Crippen molar-refractivity contribution in [3.05, 3.63) is 52.8 Å². The number of nitrogens with one attached hydrogen (secondary N) is 1. The van der Waals surface area contributed by atoms with Gasteiger partial charge in [-0.15, -0.1) is 0 Å². The number of carbonyl (C=O) groups is 2. The summed E-state index contributed by atoms with van der Waals surface area (Å²) in [5, 5.41) is 2.84. The molecule has 0 fully saturated rings. The molecule has 0 aliphatic rings. The third-order valence-electron chi connectivity index (χ3n) is 3.69. The predicted molar refractivity (Wildman–Crippen MR) is 106 cm³/mol. The zero-order valence-corrected chi connectivity index (χ0v) is 16.8. The van der Waals surface area contributed by atoms with E-state index in [1.54, 1.807) is 0 Å².